The number of hydrogen-bond donors (Lipinski definition) is 3. The molecule has 1 atom stereocenters. The van der Waals surface area contributed by atoms with Crippen molar-refractivity contribution in [2.75, 3.05) is 11.1 Å². The zero-order chi connectivity index (χ0) is 28.1. The van der Waals surface area contributed by atoms with E-state index in [-0.39, 0.29) is 24.5 Å². The summed E-state index contributed by atoms with van der Waals surface area (Å²) in [5.74, 6) is -0.454. The van der Waals surface area contributed by atoms with Gasteiger partial charge in [-0.05, 0) is 59.9 Å². The van der Waals surface area contributed by atoms with Crippen LogP contribution in [0.2, 0.25) is 0 Å². The summed E-state index contributed by atoms with van der Waals surface area (Å²) in [5.41, 5.74) is 4.22. The molecule has 40 heavy (non-hydrogen) atoms. The smallest absolute Gasteiger partial charge is 0.338 e. The van der Waals surface area contributed by atoms with Gasteiger partial charge in [-0.15, -0.1) is 11.8 Å². The number of ether oxygens (including phenoxy) is 1. The number of carbonyl (C=O) groups excluding carboxylic acids is 3. The van der Waals surface area contributed by atoms with Gasteiger partial charge in [-0.3, -0.25) is 4.79 Å². The number of rotatable bonds is 7. The molecule has 0 fully saturated rings. The summed E-state index contributed by atoms with van der Waals surface area (Å²) in [4.78, 5) is 39.3. The first kappa shape index (κ1) is 26.5. The number of nitriles is 2. The van der Waals surface area contributed by atoms with Gasteiger partial charge >= 0.3 is 12.0 Å². The van der Waals surface area contributed by atoms with Gasteiger partial charge < -0.3 is 20.7 Å². The molecule has 5 rings (SSSR count). The van der Waals surface area contributed by atoms with Crippen LogP contribution in [0.25, 0.3) is 0 Å². The molecule has 2 heterocycles. The third-order valence-electron chi connectivity index (χ3n) is 6.55. The fourth-order valence-electron chi connectivity index (χ4n) is 4.65. The van der Waals surface area contributed by atoms with E-state index in [0.717, 1.165) is 10.5 Å². The Morgan fingerprint density at radius 1 is 0.975 bits per heavy atom. The Labute approximate surface area is 234 Å². The molecule has 9 nitrogen and oxygen atoms in total. The summed E-state index contributed by atoms with van der Waals surface area (Å²) < 4.78 is 5.69. The molecule has 0 aromatic heterocycles. The molecule has 3 aromatic rings. The highest BCUT2D eigenvalue weighted by molar-refractivity contribution is 8.00. The number of benzene rings is 3. The van der Waals surface area contributed by atoms with Crippen LogP contribution >= 0.6 is 11.8 Å². The molecule has 0 spiro atoms. The highest BCUT2D eigenvalue weighted by Crippen LogP contribution is 2.37. The topological polar surface area (TPSA) is 144 Å². The Bertz CT molecular complexity index is 1640. The minimum absolute atomic E-state index is 0.0695. The second-order valence-electron chi connectivity index (χ2n) is 9.17. The quantitative estimate of drug-likeness (QED) is 0.369. The Morgan fingerprint density at radius 2 is 1.82 bits per heavy atom. The summed E-state index contributed by atoms with van der Waals surface area (Å²) in [6.45, 7) is -0.0695. The van der Waals surface area contributed by atoms with Crippen molar-refractivity contribution < 1.29 is 19.1 Å². The summed E-state index contributed by atoms with van der Waals surface area (Å²) in [6, 6.07) is 22.3. The first-order chi connectivity index (χ1) is 19.4. The van der Waals surface area contributed by atoms with Gasteiger partial charge in [0.15, 0.2) is 0 Å². The minimum atomic E-state index is -0.845. The number of nitrogens with zero attached hydrogens (tertiary/aromatic N) is 2. The van der Waals surface area contributed by atoms with Crippen LogP contribution in [-0.4, -0.2) is 23.7 Å². The van der Waals surface area contributed by atoms with Crippen LogP contribution in [0.15, 0.2) is 82.9 Å². The van der Waals surface area contributed by atoms with E-state index in [1.165, 1.54) is 11.8 Å². The Kier molecular flexibility index (Phi) is 7.81. The van der Waals surface area contributed by atoms with Crippen molar-refractivity contribution in [3.05, 3.63) is 106 Å². The van der Waals surface area contributed by atoms with Crippen molar-refractivity contribution in [2.24, 2.45) is 0 Å². The Morgan fingerprint density at radius 3 is 2.65 bits per heavy atom. The molecule has 198 valence electrons. The van der Waals surface area contributed by atoms with Crippen molar-refractivity contribution in [3.63, 3.8) is 0 Å². The van der Waals surface area contributed by atoms with Gasteiger partial charge in [-0.1, -0.05) is 36.4 Å². The van der Waals surface area contributed by atoms with Gasteiger partial charge in [-0.25, -0.2) is 9.59 Å². The number of anilines is 1. The number of nitrogens with one attached hydrogen (secondary N) is 3. The molecule has 2 aliphatic rings. The normalized spacial score (nSPS) is 16.0. The molecule has 0 bridgehead atoms. The monoisotopic (exact) mass is 549 g/mol. The van der Waals surface area contributed by atoms with Crippen LogP contribution in [0.3, 0.4) is 0 Å². The van der Waals surface area contributed by atoms with Gasteiger partial charge in [0.1, 0.15) is 6.61 Å². The third kappa shape index (κ3) is 5.83. The van der Waals surface area contributed by atoms with Crippen LogP contribution in [-0.2, 0) is 27.4 Å². The van der Waals surface area contributed by atoms with Crippen LogP contribution in [0.1, 0.15) is 40.3 Å². The molecule has 0 aliphatic carbocycles. The van der Waals surface area contributed by atoms with Crippen molar-refractivity contribution in [1.82, 2.24) is 10.6 Å². The second-order valence-corrected chi connectivity index (χ2v) is 10.2. The van der Waals surface area contributed by atoms with E-state index in [1.807, 2.05) is 24.3 Å². The number of thioether (sulfide) groups is 1. The zero-order valence-corrected chi connectivity index (χ0v) is 22.0. The van der Waals surface area contributed by atoms with Crippen LogP contribution in [0.4, 0.5) is 10.5 Å². The number of urea groups is 1. The lowest BCUT2D eigenvalue weighted by molar-refractivity contribution is -0.140. The van der Waals surface area contributed by atoms with Crippen LogP contribution < -0.4 is 16.0 Å². The van der Waals surface area contributed by atoms with Gasteiger partial charge in [0.25, 0.3) is 0 Å². The van der Waals surface area contributed by atoms with Crippen molar-refractivity contribution in [3.8, 4) is 12.1 Å². The second kappa shape index (κ2) is 11.8. The average molecular weight is 550 g/mol. The number of allylic oxidation sites excluding steroid dienone is 1. The SMILES string of the molecule is N#Cc1cccc(COC(=O)C2=C(CCc3ccccc3C#N)NC(=O)NC2c2ccc3c(c2)NC(=O)CS3)c1. The molecule has 3 N–H and O–H groups in total. The van der Waals surface area contributed by atoms with Gasteiger partial charge in [0.05, 0.1) is 46.3 Å². The summed E-state index contributed by atoms with van der Waals surface area (Å²) >= 11 is 1.41. The molecule has 3 aromatic carbocycles. The lowest BCUT2D eigenvalue weighted by Crippen LogP contribution is -2.46. The fourth-order valence-corrected chi connectivity index (χ4v) is 5.44. The maximum Gasteiger partial charge on any atom is 0.338 e. The van der Waals surface area contributed by atoms with E-state index < -0.39 is 18.0 Å². The molecule has 0 saturated heterocycles. The predicted octanol–water partition coefficient (Wildman–Crippen LogP) is 4.46. The standard InChI is InChI=1S/C30H23N5O4S/c31-14-18-4-3-5-19(12-18)16-39-29(37)27-23(10-8-20-6-1-2-7-22(20)15-32)34-30(38)35-28(27)21-9-11-25-24(13-21)33-26(36)17-40-25/h1-7,9,11-13,28H,8,10,16-17H2,(H,33,36)(H2,34,35,38). The summed E-state index contributed by atoms with van der Waals surface area (Å²) in [5, 5.41) is 27.1. The van der Waals surface area contributed by atoms with E-state index >= 15 is 0 Å². The zero-order valence-electron chi connectivity index (χ0n) is 21.2. The van der Waals surface area contributed by atoms with Crippen LogP contribution in [0.5, 0.6) is 0 Å². The van der Waals surface area contributed by atoms with Crippen molar-refractivity contribution in [2.45, 2.75) is 30.4 Å². The van der Waals surface area contributed by atoms with Gasteiger partial charge in [-0.2, -0.15) is 10.5 Å². The first-order valence-corrected chi connectivity index (χ1v) is 13.4. The summed E-state index contributed by atoms with van der Waals surface area (Å²) in [6.07, 6.45) is 0.679. The number of carbonyl (C=O) groups is 3. The lowest BCUT2D eigenvalue weighted by atomic mass is 9.92. The molecular formula is C30H23N5O4S. The first-order valence-electron chi connectivity index (χ1n) is 12.5. The van der Waals surface area contributed by atoms with E-state index in [9.17, 15) is 24.9 Å². The molecule has 10 heteroatoms. The molecule has 1 unspecified atom stereocenters. The van der Waals surface area contributed by atoms with Gasteiger partial charge in [0.2, 0.25) is 5.91 Å². The highest BCUT2D eigenvalue weighted by Gasteiger charge is 2.34. The van der Waals surface area contributed by atoms with E-state index in [0.29, 0.717) is 45.8 Å². The highest BCUT2D eigenvalue weighted by atomic mass is 32.2. The van der Waals surface area contributed by atoms with Crippen LogP contribution in [0, 0.1) is 22.7 Å². The average Bonchev–Trinajstić information content (AvgIpc) is 2.98. The number of aryl methyl sites for hydroxylation is 1. The Balaban J connectivity index is 1.50. The summed E-state index contributed by atoms with van der Waals surface area (Å²) in [7, 11) is 0. The maximum absolute atomic E-state index is 13.6. The third-order valence-corrected chi connectivity index (χ3v) is 7.63. The van der Waals surface area contributed by atoms with Crippen molar-refractivity contribution >= 4 is 35.4 Å². The van der Waals surface area contributed by atoms with Crippen molar-refractivity contribution in [1.29, 1.82) is 10.5 Å². The molecule has 0 radical (unpaired) electrons. The predicted molar refractivity (Wildman–Crippen MR) is 148 cm³/mol. The van der Waals surface area contributed by atoms with E-state index in [4.69, 9.17) is 4.74 Å². The molecule has 3 amide bonds. The Hall–Kier alpha value is -5.06. The largest absolute Gasteiger partial charge is 0.457 e. The van der Waals surface area contributed by atoms with E-state index in [1.54, 1.807) is 42.5 Å². The maximum atomic E-state index is 13.6. The lowest BCUT2D eigenvalue weighted by Gasteiger charge is -2.30. The molecular weight excluding hydrogens is 526 g/mol. The number of fused-ring (bicyclic) bond motifs is 1. The minimum Gasteiger partial charge on any atom is -0.457 e. The fraction of sp³-hybridized carbons (Fsp3) is 0.167. The number of amides is 3. The molecule has 0 saturated carbocycles. The molecule has 2 aliphatic heterocycles. The van der Waals surface area contributed by atoms with Gasteiger partial charge in [0, 0.05) is 10.6 Å². The number of esters is 1. The number of hydrogen-bond acceptors (Lipinski definition) is 7. The van der Waals surface area contributed by atoms with E-state index in [2.05, 4.69) is 28.1 Å².